The van der Waals surface area contributed by atoms with Crippen LogP contribution in [0, 0.1) is 5.41 Å². The number of anilines is 2. The van der Waals surface area contributed by atoms with Crippen LogP contribution in [0.25, 0.3) is 32.4 Å². The van der Waals surface area contributed by atoms with E-state index in [0.717, 1.165) is 29.2 Å². The maximum absolute atomic E-state index is 15.2. The molecular weight excluding hydrogens is 683 g/mol. The summed E-state index contributed by atoms with van der Waals surface area (Å²) < 4.78 is 86.5. The largest absolute Gasteiger partial charge is 0.417 e. The molecule has 1 spiro atoms. The van der Waals surface area contributed by atoms with Gasteiger partial charge in [-0.2, -0.15) is 31.3 Å². The fourth-order valence-electron chi connectivity index (χ4n) is 7.49. The molecule has 1 aromatic carbocycles. The summed E-state index contributed by atoms with van der Waals surface area (Å²) in [4.78, 5) is 43.0. The average Bonchev–Trinajstić information content (AvgIpc) is 3.46. The van der Waals surface area contributed by atoms with Crippen LogP contribution in [0.3, 0.4) is 0 Å². The third kappa shape index (κ3) is 5.41. The van der Waals surface area contributed by atoms with Crippen molar-refractivity contribution in [3.05, 3.63) is 40.1 Å². The number of nitrogens with one attached hydrogen (secondary N) is 1. The molecule has 0 aliphatic carbocycles. The lowest BCUT2D eigenvalue weighted by molar-refractivity contribution is -0.168. The summed E-state index contributed by atoms with van der Waals surface area (Å²) >= 11 is 2.16. The van der Waals surface area contributed by atoms with Crippen molar-refractivity contribution in [1.29, 1.82) is 0 Å². The first-order chi connectivity index (χ1) is 22.5. The fraction of sp³-hybridized carbons (Fsp3) is 0.467. The van der Waals surface area contributed by atoms with Gasteiger partial charge in [-0.05, 0) is 26.0 Å². The number of thiophene rings is 1. The number of thioether (sulfide) groups is 1. The molecule has 0 radical (unpaired) electrons. The van der Waals surface area contributed by atoms with Gasteiger partial charge < -0.3 is 20.5 Å². The number of amides is 1. The molecule has 1 amide bonds. The molecule has 3 aromatic heterocycles. The van der Waals surface area contributed by atoms with E-state index in [-0.39, 0.29) is 100.0 Å². The number of benzene rings is 1. The number of nitrogens with two attached hydrogens (primary N) is 1. The quantitative estimate of drug-likeness (QED) is 0.220. The number of hydrogen-bond acceptors (Lipinski definition) is 9. The molecule has 10 nitrogen and oxygen atoms in total. The Balaban J connectivity index is 1.46. The van der Waals surface area contributed by atoms with Gasteiger partial charge in [0.05, 0.1) is 28.0 Å². The number of piperazine rings is 1. The summed E-state index contributed by atoms with van der Waals surface area (Å²) in [7, 11) is 0. The minimum atomic E-state index is -4.85. The van der Waals surface area contributed by atoms with Crippen LogP contribution in [0.1, 0.15) is 19.4 Å². The van der Waals surface area contributed by atoms with Crippen LogP contribution in [-0.2, 0) is 17.5 Å². The highest BCUT2D eigenvalue weighted by Gasteiger charge is 2.49. The highest BCUT2D eigenvalue weighted by Crippen LogP contribution is 2.53. The van der Waals surface area contributed by atoms with E-state index in [1.807, 2.05) is 0 Å². The number of nitrogens with zero attached hydrogens (tertiary/aromatic N) is 6. The minimum Gasteiger partial charge on any atom is -0.369 e. The minimum absolute atomic E-state index is 0.0120. The SMILES string of the molecule is C=CC(=O)N1[C@H](C)CN(c2nc(=O)n3c4c(c(-c5scc6[nH]c(N)nc56)c(C(F)(F)F)cc24)SCC2(CN(CC(F)(F)F)C2)C3)C[C@@H]1C. The monoisotopic (exact) mass is 712 g/mol. The van der Waals surface area contributed by atoms with Gasteiger partial charge in [0.2, 0.25) is 5.91 Å². The summed E-state index contributed by atoms with van der Waals surface area (Å²) in [5.41, 5.74) is 4.14. The van der Waals surface area contributed by atoms with Crippen LogP contribution in [0.5, 0.6) is 0 Å². The van der Waals surface area contributed by atoms with Crippen molar-refractivity contribution in [2.24, 2.45) is 5.41 Å². The molecule has 48 heavy (non-hydrogen) atoms. The van der Waals surface area contributed by atoms with Crippen LogP contribution in [0.2, 0.25) is 0 Å². The molecule has 0 saturated carbocycles. The first-order valence-corrected chi connectivity index (χ1v) is 16.9. The van der Waals surface area contributed by atoms with Crippen LogP contribution in [0.4, 0.5) is 38.1 Å². The lowest BCUT2D eigenvalue weighted by Gasteiger charge is -2.50. The summed E-state index contributed by atoms with van der Waals surface area (Å²) in [5, 5.41) is 1.71. The molecule has 3 N–H and O–H groups in total. The third-order valence-corrected chi connectivity index (χ3v) is 11.6. The van der Waals surface area contributed by atoms with Crippen LogP contribution < -0.4 is 16.3 Å². The van der Waals surface area contributed by atoms with E-state index in [1.165, 1.54) is 15.5 Å². The van der Waals surface area contributed by atoms with Crippen LogP contribution in [-0.4, -0.2) is 92.0 Å². The zero-order valence-corrected chi connectivity index (χ0v) is 27.3. The summed E-state index contributed by atoms with van der Waals surface area (Å²) in [6, 6.07) is 0.249. The van der Waals surface area contributed by atoms with Crippen LogP contribution in [0.15, 0.2) is 33.8 Å². The van der Waals surface area contributed by atoms with Gasteiger partial charge in [-0.15, -0.1) is 23.1 Å². The zero-order valence-electron chi connectivity index (χ0n) is 25.7. The molecule has 0 unspecified atom stereocenters. The predicted octanol–water partition coefficient (Wildman–Crippen LogP) is 5.18. The normalized spacial score (nSPS) is 21.6. The van der Waals surface area contributed by atoms with E-state index < -0.39 is 35.6 Å². The number of nitrogen functional groups attached to an aromatic ring is 1. The van der Waals surface area contributed by atoms with Gasteiger partial charge in [-0.3, -0.25) is 14.3 Å². The summed E-state index contributed by atoms with van der Waals surface area (Å²) in [6.07, 6.45) is -8.07. The number of fused-ring (bicyclic) bond motifs is 1. The number of rotatable bonds is 4. The van der Waals surface area contributed by atoms with Gasteiger partial charge >= 0.3 is 18.0 Å². The number of likely N-dealkylation sites (tertiary alicyclic amines) is 1. The van der Waals surface area contributed by atoms with Crippen molar-refractivity contribution in [2.45, 2.75) is 49.7 Å². The molecule has 2 fully saturated rings. The van der Waals surface area contributed by atoms with Crippen molar-refractivity contribution >= 4 is 62.7 Å². The smallest absolute Gasteiger partial charge is 0.369 e. The highest BCUT2D eigenvalue weighted by molar-refractivity contribution is 7.99. The maximum atomic E-state index is 15.2. The second kappa shape index (κ2) is 11.1. The average molecular weight is 713 g/mol. The van der Waals surface area contributed by atoms with Crippen molar-refractivity contribution in [2.75, 3.05) is 49.1 Å². The van der Waals surface area contributed by atoms with Gasteiger partial charge in [0.1, 0.15) is 11.3 Å². The van der Waals surface area contributed by atoms with E-state index in [4.69, 9.17) is 5.73 Å². The molecule has 3 aliphatic heterocycles. The van der Waals surface area contributed by atoms with Gasteiger partial charge in [0, 0.05) is 77.2 Å². The van der Waals surface area contributed by atoms with Crippen molar-refractivity contribution in [3.8, 4) is 10.4 Å². The first kappa shape index (κ1) is 32.8. The van der Waals surface area contributed by atoms with E-state index in [1.54, 1.807) is 29.0 Å². The number of carbonyl (C=O) groups is 1. The fourth-order valence-corrected chi connectivity index (χ4v) is 9.99. The maximum Gasteiger partial charge on any atom is 0.417 e. The van der Waals surface area contributed by atoms with Crippen LogP contribution >= 0.6 is 23.1 Å². The molecule has 2 saturated heterocycles. The molecule has 0 bridgehead atoms. The number of halogens is 6. The Kier molecular flexibility index (Phi) is 7.60. The van der Waals surface area contributed by atoms with Crippen molar-refractivity contribution in [3.63, 3.8) is 0 Å². The number of imidazole rings is 1. The van der Waals surface area contributed by atoms with E-state index in [2.05, 4.69) is 21.5 Å². The third-order valence-electron chi connectivity index (χ3n) is 9.18. The van der Waals surface area contributed by atoms with E-state index >= 15 is 13.2 Å². The second-order valence-electron chi connectivity index (χ2n) is 12.9. The zero-order chi connectivity index (χ0) is 34.5. The number of aromatic amines is 1. The molecule has 6 heterocycles. The van der Waals surface area contributed by atoms with Gasteiger partial charge in [0.25, 0.3) is 0 Å². The van der Waals surface area contributed by atoms with Gasteiger partial charge in [0.15, 0.2) is 5.95 Å². The lowest BCUT2D eigenvalue weighted by atomic mass is 9.81. The van der Waals surface area contributed by atoms with E-state index in [9.17, 15) is 22.8 Å². The Morgan fingerprint density at radius 3 is 2.46 bits per heavy atom. The molecule has 18 heteroatoms. The first-order valence-electron chi connectivity index (χ1n) is 15.0. The highest BCUT2D eigenvalue weighted by atomic mass is 32.2. The molecule has 3 aliphatic rings. The Hall–Kier alpha value is -3.77. The number of H-pyrrole nitrogens is 1. The summed E-state index contributed by atoms with van der Waals surface area (Å²) in [5.74, 6) is -0.0310. The molecule has 2 atom stereocenters. The molecule has 7 rings (SSSR count). The predicted molar refractivity (Wildman–Crippen MR) is 172 cm³/mol. The van der Waals surface area contributed by atoms with E-state index in [0.29, 0.717) is 5.52 Å². The number of aromatic nitrogens is 4. The molecule has 4 aromatic rings. The summed E-state index contributed by atoms with van der Waals surface area (Å²) in [6.45, 7) is 6.43. The second-order valence-corrected chi connectivity index (χ2v) is 14.7. The van der Waals surface area contributed by atoms with Gasteiger partial charge in [-0.25, -0.2) is 9.78 Å². The Morgan fingerprint density at radius 1 is 1.15 bits per heavy atom. The number of alkyl halides is 6. The molecule has 256 valence electrons. The standard InChI is InChI=1S/C30H30F6N8O2S2/c1-4-19(45)44-14(2)6-42(7-15(44)3)25-16-5-17(30(34,35)36)20(23-21-18(8-47-23)38-26(37)39-21)24-22(16)43(27(46)40-25)11-28(13-48-24)9-41(10-28)12-29(31,32)33/h4-5,8,14-15H,1,6-7,9-13H2,2-3H3,(H3,37,38,39)/t14-,15+. The van der Waals surface area contributed by atoms with Crippen molar-refractivity contribution < 1.29 is 31.1 Å². The topological polar surface area (TPSA) is 116 Å². The van der Waals surface area contributed by atoms with Gasteiger partial charge in [-0.1, -0.05) is 6.58 Å². The van der Waals surface area contributed by atoms with Crippen molar-refractivity contribution in [1.82, 2.24) is 29.3 Å². The Labute approximate surface area is 277 Å². The number of carbonyl (C=O) groups excluding carboxylic acids is 1. The lowest BCUT2D eigenvalue weighted by Crippen LogP contribution is -2.61. The molecular formula is C30H30F6N8O2S2. The Morgan fingerprint density at radius 2 is 1.83 bits per heavy atom. The number of hydrogen-bond donors (Lipinski definition) is 2. The Bertz CT molecular complexity index is 2020.